The zero-order chi connectivity index (χ0) is 19.8. The average Bonchev–Trinajstić information content (AvgIpc) is 3.40. The zero-order valence-corrected chi connectivity index (χ0v) is 16.3. The van der Waals surface area contributed by atoms with Crippen molar-refractivity contribution >= 4 is 11.6 Å². The molecule has 5 rings (SSSR count). The van der Waals surface area contributed by atoms with Crippen LogP contribution in [0.4, 0.5) is 0 Å². The van der Waals surface area contributed by atoms with Gasteiger partial charge in [0.05, 0.1) is 37.3 Å². The van der Waals surface area contributed by atoms with E-state index in [2.05, 4.69) is 19.7 Å². The molecule has 0 unspecified atom stereocenters. The molecule has 0 amide bonds. The standard InChI is InChI=1S/C21H17ClN4O3/c1-27-14-8-6-13(7-9-14)18-10-26-12-23-19(17(26)11-28-18)21-24-20(25-29-21)15-4-2-3-5-16(15)22/h2-9,12,18H,10-11H2,1H3/t18-/m0/s1. The second-order valence-corrected chi connectivity index (χ2v) is 7.08. The predicted molar refractivity (Wildman–Crippen MR) is 106 cm³/mol. The summed E-state index contributed by atoms with van der Waals surface area (Å²) in [6.07, 6.45) is 1.72. The van der Waals surface area contributed by atoms with Gasteiger partial charge in [0.2, 0.25) is 5.82 Å². The van der Waals surface area contributed by atoms with Gasteiger partial charge in [-0.2, -0.15) is 4.98 Å². The SMILES string of the molecule is COc1ccc([C@@H]2Cn3cnc(-c4nc(-c5ccccc5Cl)no4)c3CO2)cc1. The largest absolute Gasteiger partial charge is 0.497 e. The number of hydrogen-bond donors (Lipinski definition) is 0. The monoisotopic (exact) mass is 408 g/mol. The van der Waals surface area contributed by atoms with Gasteiger partial charge < -0.3 is 18.6 Å². The van der Waals surface area contributed by atoms with Gasteiger partial charge in [-0.3, -0.25) is 0 Å². The molecule has 8 heteroatoms. The Kier molecular flexibility index (Phi) is 4.54. The van der Waals surface area contributed by atoms with E-state index >= 15 is 0 Å². The number of fused-ring (bicyclic) bond motifs is 1. The summed E-state index contributed by atoms with van der Waals surface area (Å²) in [7, 11) is 1.65. The Morgan fingerprint density at radius 2 is 1.97 bits per heavy atom. The Labute approximate surface area is 171 Å². The van der Waals surface area contributed by atoms with E-state index in [-0.39, 0.29) is 6.10 Å². The molecule has 3 heterocycles. The molecule has 2 aromatic heterocycles. The summed E-state index contributed by atoms with van der Waals surface area (Å²) in [6, 6.07) is 15.3. The number of hydrogen-bond acceptors (Lipinski definition) is 6. The van der Waals surface area contributed by atoms with Gasteiger partial charge in [-0.1, -0.05) is 41.0 Å². The van der Waals surface area contributed by atoms with Gasteiger partial charge in [-0.05, 0) is 29.8 Å². The minimum absolute atomic E-state index is 0.0585. The highest BCUT2D eigenvalue weighted by atomic mass is 35.5. The fourth-order valence-electron chi connectivity index (χ4n) is 3.40. The maximum absolute atomic E-state index is 6.23. The number of nitrogens with zero attached hydrogens (tertiary/aromatic N) is 4. The van der Waals surface area contributed by atoms with Crippen molar-refractivity contribution in [2.45, 2.75) is 19.3 Å². The summed E-state index contributed by atoms with van der Waals surface area (Å²) >= 11 is 6.23. The average molecular weight is 409 g/mol. The molecule has 2 aromatic carbocycles. The number of aromatic nitrogens is 4. The van der Waals surface area contributed by atoms with Crippen LogP contribution in [0.2, 0.25) is 5.02 Å². The Morgan fingerprint density at radius 3 is 2.76 bits per heavy atom. The second kappa shape index (κ2) is 7.35. The zero-order valence-electron chi connectivity index (χ0n) is 15.6. The van der Waals surface area contributed by atoms with Crippen LogP contribution in [0.15, 0.2) is 59.4 Å². The lowest BCUT2D eigenvalue weighted by Gasteiger charge is -2.25. The van der Waals surface area contributed by atoms with Crippen LogP contribution < -0.4 is 4.74 Å². The van der Waals surface area contributed by atoms with Crippen molar-refractivity contribution in [2.24, 2.45) is 0 Å². The first-order valence-electron chi connectivity index (χ1n) is 9.11. The highest BCUT2D eigenvalue weighted by molar-refractivity contribution is 6.33. The van der Waals surface area contributed by atoms with Gasteiger partial charge in [0, 0.05) is 5.56 Å². The molecule has 7 nitrogen and oxygen atoms in total. The molecule has 0 bridgehead atoms. The van der Waals surface area contributed by atoms with E-state index in [0.29, 0.717) is 41.1 Å². The Hall–Kier alpha value is -3.16. The van der Waals surface area contributed by atoms with E-state index in [1.165, 1.54) is 0 Å². The molecule has 1 atom stereocenters. The fourth-order valence-corrected chi connectivity index (χ4v) is 3.62. The summed E-state index contributed by atoms with van der Waals surface area (Å²) in [5.41, 5.74) is 3.34. The maximum atomic E-state index is 6.23. The second-order valence-electron chi connectivity index (χ2n) is 6.67. The van der Waals surface area contributed by atoms with Crippen LogP contribution in [0.3, 0.4) is 0 Å². The van der Waals surface area contributed by atoms with E-state index in [1.54, 1.807) is 19.5 Å². The number of imidazole rings is 1. The van der Waals surface area contributed by atoms with Crippen molar-refractivity contribution in [1.29, 1.82) is 0 Å². The number of halogens is 1. The van der Waals surface area contributed by atoms with Crippen LogP contribution in [-0.4, -0.2) is 26.8 Å². The lowest BCUT2D eigenvalue weighted by Crippen LogP contribution is -2.20. The van der Waals surface area contributed by atoms with E-state index in [0.717, 1.165) is 17.0 Å². The Morgan fingerprint density at radius 1 is 1.14 bits per heavy atom. The molecule has 29 heavy (non-hydrogen) atoms. The number of ether oxygens (including phenoxy) is 2. The van der Waals surface area contributed by atoms with Crippen molar-refractivity contribution < 1.29 is 14.0 Å². The third-order valence-electron chi connectivity index (χ3n) is 4.96. The van der Waals surface area contributed by atoms with Crippen LogP contribution in [0.1, 0.15) is 17.4 Å². The summed E-state index contributed by atoms with van der Waals surface area (Å²) in [4.78, 5) is 8.97. The van der Waals surface area contributed by atoms with Gasteiger partial charge in [-0.25, -0.2) is 4.98 Å². The number of rotatable bonds is 4. The molecule has 0 saturated heterocycles. The van der Waals surface area contributed by atoms with Crippen molar-refractivity contribution in [2.75, 3.05) is 7.11 Å². The molecule has 4 aromatic rings. The summed E-state index contributed by atoms with van der Waals surface area (Å²) in [5.74, 6) is 1.60. The van der Waals surface area contributed by atoms with Gasteiger partial charge in [0.1, 0.15) is 11.9 Å². The molecule has 0 spiro atoms. The molecular formula is C21H17ClN4O3. The normalized spacial score (nSPS) is 15.9. The number of benzene rings is 2. The number of methoxy groups -OCH3 is 1. The highest BCUT2D eigenvalue weighted by Crippen LogP contribution is 2.33. The van der Waals surface area contributed by atoms with Gasteiger partial charge in [0.25, 0.3) is 5.89 Å². The third-order valence-corrected chi connectivity index (χ3v) is 5.29. The van der Waals surface area contributed by atoms with Crippen molar-refractivity contribution in [3.8, 4) is 28.7 Å². The Bertz CT molecular complexity index is 1150. The Balaban J connectivity index is 1.40. The topological polar surface area (TPSA) is 75.2 Å². The van der Waals surface area contributed by atoms with E-state index < -0.39 is 0 Å². The van der Waals surface area contributed by atoms with Gasteiger partial charge in [-0.15, -0.1) is 0 Å². The first-order valence-corrected chi connectivity index (χ1v) is 9.49. The first kappa shape index (κ1) is 17.9. The van der Waals surface area contributed by atoms with E-state index in [9.17, 15) is 0 Å². The smallest absolute Gasteiger partial charge is 0.278 e. The van der Waals surface area contributed by atoms with E-state index in [1.807, 2.05) is 42.5 Å². The van der Waals surface area contributed by atoms with Gasteiger partial charge >= 0.3 is 0 Å². The van der Waals surface area contributed by atoms with Crippen LogP contribution in [-0.2, 0) is 17.9 Å². The lowest BCUT2D eigenvalue weighted by atomic mass is 10.1. The van der Waals surface area contributed by atoms with Crippen molar-refractivity contribution in [3.63, 3.8) is 0 Å². The first-order chi connectivity index (χ1) is 14.2. The molecule has 1 aliphatic rings. The molecular weight excluding hydrogens is 392 g/mol. The fraction of sp³-hybridized carbons (Fsp3) is 0.190. The quantitative estimate of drug-likeness (QED) is 0.493. The summed E-state index contributed by atoms with van der Waals surface area (Å²) < 4.78 is 18.8. The van der Waals surface area contributed by atoms with Crippen LogP contribution in [0.5, 0.6) is 5.75 Å². The molecule has 0 radical (unpaired) electrons. The molecule has 146 valence electrons. The molecule has 0 N–H and O–H groups in total. The minimum Gasteiger partial charge on any atom is -0.497 e. The predicted octanol–water partition coefficient (Wildman–Crippen LogP) is 4.53. The van der Waals surface area contributed by atoms with Crippen molar-refractivity contribution in [1.82, 2.24) is 19.7 Å². The third kappa shape index (κ3) is 3.28. The molecule has 0 aliphatic carbocycles. The van der Waals surface area contributed by atoms with Crippen LogP contribution >= 0.6 is 11.6 Å². The van der Waals surface area contributed by atoms with Gasteiger partial charge in [0.15, 0.2) is 5.69 Å². The van der Waals surface area contributed by atoms with E-state index in [4.69, 9.17) is 25.6 Å². The molecule has 0 fully saturated rings. The summed E-state index contributed by atoms with van der Waals surface area (Å²) in [5, 5.41) is 4.63. The summed E-state index contributed by atoms with van der Waals surface area (Å²) in [6.45, 7) is 1.05. The van der Waals surface area contributed by atoms with Crippen LogP contribution in [0.25, 0.3) is 23.0 Å². The highest BCUT2D eigenvalue weighted by Gasteiger charge is 2.26. The molecule has 1 aliphatic heterocycles. The molecule has 0 saturated carbocycles. The lowest BCUT2D eigenvalue weighted by molar-refractivity contribution is 0.00328. The van der Waals surface area contributed by atoms with Crippen LogP contribution in [0, 0.1) is 0 Å². The minimum atomic E-state index is -0.0585. The van der Waals surface area contributed by atoms with Crippen molar-refractivity contribution in [3.05, 3.63) is 71.1 Å². The maximum Gasteiger partial charge on any atom is 0.278 e.